The van der Waals surface area contributed by atoms with Crippen LogP contribution < -0.4 is 0 Å². The fourth-order valence-corrected chi connectivity index (χ4v) is 1.49. The van der Waals surface area contributed by atoms with Gasteiger partial charge in [0.25, 0.3) is 0 Å². The van der Waals surface area contributed by atoms with E-state index in [4.69, 9.17) is 11.6 Å². The third-order valence-corrected chi connectivity index (χ3v) is 2.51. The van der Waals surface area contributed by atoms with Gasteiger partial charge in [0.15, 0.2) is 0 Å². The number of rotatable bonds is 2. The largest absolute Gasteiger partial charge is 0.384 e. The van der Waals surface area contributed by atoms with Crippen LogP contribution in [0, 0.1) is 5.82 Å². The zero-order chi connectivity index (χ0) is 12.6. The number of hydrogen-bond acceptors (Lipinski definition) is 3. The first-order chi connectivity index (χ1) is 7.88. The highest BCUT2D eigenvalue weighted by Crippen LogP contribution is 2.20. The van der Waals surface area contributed by atoms with E-state index in [1.54, 1.807) is 19.9 Å². The van der Waals surface area contributed by atoms with E-state index in [1.165, 1.54) is 23.0 Å². The Balaban J connectivity index is 2.44. The molecular weight excluding hydrogens is 245 g/mol. The summed E-state index contributed by atoms with van der Waals surface area (Å²) in [5, 5.41) is 17.6. The Labute approximate surface area is 103 Å². The van der Waals surface area contributed by atoms with Crippen LogP contribution in [0.2, 0.25) is 5.02 Å². The molecule has 0 saturated carbocycles. The molecule has 0 atom stereocenters. The van der Waals surface area contributed by atoms with Gasteiger partial charge < -0.3 is 5.11 Å². The van der Waals surface area contributed by atoms with Crippen molar-refractivity contribution in [2.75, 3.05) is 0 Å². The fraction of sp³-hybridized carbons (Fsp3) is 0.273. The van der Waals surface area contributed by atoms with Crippen LogP contribution in [0.25, 0.3) is 5.69 Å². The molecule has 4 nitrogen and oxygen atoms in total. The average molecular weight is 256 g/mol. The standard InChI is InChI=1S/C11H11ClFN3O/c1-11(2,17)10-6-16(15-14-10)9-4-3-7(12)5-8(9)13/h3-6,17H,1-2H3. The van der Waals surface area contributed by atoms with Gasteiger partial charge in [-0.1, -0.05) is 16.8 Å². The maximum atomic E-state index is 13.6. The van der Waals surface area contributed by atoms with Crippen molar-refractivity contribution in [3.05, 3.63) is 40.9 Å². The summed E-state index contributed by atoms with van der Waals surface area (Å²) in [6.45, 7) is 3.17. The maximum absolute atomic E-state index is 13.6. The van der Waals surface area contributed by atoms with E-state index < -0.39 is 11.4 Å². The first-order valence-corrected chi connectivity index (χ1v) is 5.36. The molecular formula is C11H11ClFN3O. The molecule has 0 bridgehead atoms. The van der Waals surface area contributed by atoms with Gasteiger partial charge in [-0.25, -0.2) is 9.07 Å². The second-order valence-electron chi connectivity index (χ2n) is 4.20. The Morgan fingerprint density at radius 3 is 2.65 bits per heavy atom. The molecule has 0 fully saturated rings. The van der Waals surface area contributed by atoms with Gasteiger partial charge in [-0.3, -0.25) is 0 Å². The van der Waals surface area contributed by atoms with Gasteiger partial charge in [0.2, 0.25) is 0 Å². The molecule has 2 rings (SSSR count). The van der Waals surface area contributed by atoms with E-state index >= 15 is 0 Å². The smallest absolute Gasteiger partial charge is 0.150 e. The van der Waals surface area contributed by atoms with Crippen LogP contribution in [0.4, 0.5) is 4.39 Å². The van der Waals surface area contributed by atoms with Crippen molar-refractivity contribution in [1.82, 2.24) is 15.0 Å². The van der Waals surface area contributed by atoms with Crippen molar-refractivity contribution in [2.24, 2.45) is 0 Å². The predicted octanol–water partition coefficient (Wildman–Crippen LogP) is 2.29. The summed E-state index contributed by atoms with van der Waals surface area (Å²) in [4.78, 5) is 0. The predicted molar refractivity (Wildman–Crippen MR) is 61.6 cm³/mol. The minimum atomic E-state index is -1.11. The number of benzene rings is 1. The number of halogens is 2. The molecule has 1 aromatic heterocycles. The van der Waals surface area contributed by atoms with Crippen LogP contribution in [0.1, 0.15) is 19.5 Å². The first kappa shape index (κ1) is 12.0. The van der Waals surface area contributed by atoms with Crippen LogP contribution in [0.3, 0.4) is 0 Å². The number of hydrogen-bond donors (Lipinski definition) is 1. The van der Waals surface area contributed by atoms with Crippen molar-refractivity contribution in [1.29, 1.82) is 0 Å². The molecule has 17 heavy (non-hydrogen) atoms. The van der Waals surface area contributed by atoms with Gasteiger partial charge in [0.1, 0.15) is 22.8 Å². The highest BCUT2D eigenvalue weighted by Gasteiger charge is 2.21. The Hall–Kier alpha value is -1.46. The number of nitrogens with zero attached hydrogens (tertiary/aromatic N) is 3. The lowest BCUT2D eigenvalue weighted by atomic mass is 10.1. The zero-order valence-corrected chi connectivity index (χ0v) is 10.1. The normalized spacial score (nSPS) is 11.8. The lowest BCUT2D eigenvalue weighted by Crippen LogP contribution is -2.15. The van der Waals surface area contributed by atoms with Gasteiger partial charge in [0, 0.05) is 5.02 Å². The molecule has 6 heteroatoms. The first-order valence-electron chi connectivity index (χ1n) is 4.98. The van der Waals surface area contributed by atoms with Crippen LogP contribution in [-0.2, 0) is 5.60 Å². The fourth-order valence-electron chi connectivity index (χ4n) is 1.33. The van der Waals surface area contributed by atoms with E-state index in [2.05, 4.69) is 10.3 Å². The van der Waals surface area contributed by atoms with Gasteiger partial charge in [-0.15, -0.1) is 5.10 Å². The van der Waals surface area contributed by atoms with E-state index in [0.717, 1.165) is 0 Å². The van der Waals surface area contributed by atoms with E-state index in [0.29, 0.717) is 10.7 Å². The van der Waals surface area contributed by atoms with Crippen LogP contribution >= 0.6 is 11.6 Å². The maximum Gasteiger partial charge on any atom is 0.150 e. The highest BCUT2D eigenvalue weighted by atomic mass is 35.5. The number of aromatic nitrogens is 3. The van der Waals surface area contributed by atoms with Crippen molar-refractivity contribution in [3.8, 4) is 5.69 Å². The van der Waals surface area contributed by atoms with Crippen molar-refractivity contribution < 1.29 is 9.50 Å². The molecule has 0 radical (unpaired) electrons. The summed E-state index contributed by atoms with van der Waals surface area (Å²) in [6, 6.07) is 4.26. The summed E-state index contributed by atoms with van der Waals surface area (Å²) in [7, 11) is 0. The molecule has 0 spiro atoms. The minimum Gasteiger partial charge on any atom is -0.384 e. The molecule has 0 aliphatic carbocycles. The molecule has 1 heterocycles. The zero-order valence-electron chi connectivity index (χ0n) is 9.35. The van der Waals surface area contributed by atoms with Gasteiger partial charge in [-0.2, -0.15) is 0 Å². The van der Waals surface area contributed by atoms with Gasteiger partial charge >= 0.3 is 0 Å². The second-order valence-corrected chi connectivity index (χ2v) is 4.64. The molecule has 0 aliphatic rings. The van der Waals surface area contributed by atoms with Crippen LogP contribution in [0.15, 0.2) is 24.4 Å². The summed E-state index contributed by atoms with van der Waals surface area (Å²) in [5.74, 6) is -0.496. The Morgan fingerprint density at radius 1 is 1.41 bits per heavy atom. The monoisotopic (exact) mass is 255 g/mol. The SMILES string of the molecule is CC(C)(O)c1cn(-c2ccc(Cl)cc2F)nn1. The molecule has 0 amide bonds. The molecule has 90 valence electrons. The third-order valence-electron chi connectivity index (χ3n) is 2.28. The van der Waals surface area contributed by atoms with Crippen molar-refractivity contribution in [2.45, 2.75) is 19.4 Å². The van der Waals surface area contributed by atoms with Gasteiger partial charge in [-0.05, 0) is 32.0 Å². The highest BCUT2D eigenvalue weighted by molar-refractivity contribution is 6.30. The average Bonchev–Trinajstić information content (AvgIpc) is 2.65. The van der Waals surface area contributed by atoms with Crippen LogP contribution in [-0.4, -0.2) is 20.1 Å². The molecule has 1 N–H and O–H groups in total. The topological polar surface area (TPSA) is 50.9 Å². The summed E-state index contributed by atoms with van der Waals surface area (Å²) >= 11 is 5.66. The Bertz CT molecular complexity index is 548. The molecule has 0 saturated heterocycles. The lowest BCUT2D eigenvalue weighted by Gasteiger charge is -2.11. The Morgan fingerprint density at radius 2 is 2.12 bits per heavy atom. The van der Waals surface area contributed by atoms with Crippen LogP contribution in [0.5, 0.6) is 0 Å². The Kier molecular flexibility index (Phi) is 2.89. The minimum absolute atomic E-state index is 0.234. The quantitative estimate of drug-likeness (QED) is 0.896. The van der Waals surface area contributed by atoms with E-state index in [1.807, 2.05) is 0 Å². The molecule has 0 unspecified atom stereocenters. The molecule has 1 aromatic carbocycles. The van der Waals surface area contributed by atoms with E-state index in [-0.39, 0.29) is 5.69 Å². The number of aliphatic hydroxyl groups is 1. The third kappa shape index (κ3) is 2.45. The van der Waals surface area contributed by atoms with Gasteiger partial charge in [0.05, 0.1) is 6.20 Å². The summed E-state index contributed by atoms with van der Waals surface area (Å²) in [5.41, 5.74) is -0.509. The van der Waals surface area contributed by atoms with E-state index in [9.17, 15) is 9.50 Å². The van der Waals surface area contributed by atoms with Crippen molar-refractivity contribution >= 4 is 11.6 Å². The van der Waals surface area contributed by atoms with Crippen molar-refractivity contribution in [3.63, 3.8) is 0 Å². The molecule has 2 aromatic rings. The summed E-state index contributed by atoms with van der Waals surface area (Å²) < 4.78 is 14.9. The summed E-state index contributed by atoms with van der Waals surface area (Å²) in [6.07, 6.45) is 1.48. The second kappa shape index (κ2) is 4.09. The molecule has 0 aliphatic heterocycles. The lowest BCUT2D eigenvalue weighted by molar-refractivity contribution is 0.0737.